The van der Waals surface area contributed by atoms with Crippen molar-refractivity contribution in [3.05, 3.63) is 16.1 Å². The Morgan fingerprint density at radius 2 is 2.45 bits per heavy atom. The number of urea groups is 1. The number of carbonyl (C=O) groups is 1. The molecule has 0 aromatic carbocycles. The number of halogens is 1. The summed E-state index contributed by atoms with van der Waals surface area (Å²) in [6.45, 7) is 5.60. The summed E-state index contributed by atoms with van der Waals surface area (Å²) >= 11 is 7.53. The van der Waals surface area contributed by atoms with Crippen molar-refractivity contribution in [3.8, 4) is 0 Å². The molecular formula is C13H19ClN4OS. The summed E-state index contributed by atoms with van der Waals surface area (Å²) in [6.07, 6.45) is 1.03. The highest BCUT2D eigenvalue weighted by Gasteiger charge is 2.37. The van der Waals surface area contributed by atoms with Crippen molar-refractivity contribution in [1.82, 2.24) is 20.1 Å². The third kappa shape index (κ3) is 2.52. The van der Waals surface area contributed by atoms with Crippen LogP contribution in [0.4, 0.5) is 4.79 Å². The normalized spacial score (nSPS) is 24.6. The Morgan fingerprint density at radius 1 is 1.60 bits per heavy atom. The molecule has 2 aliphatic rings. The predicted octanol–water partition coefficient (Wildman–Crippen LogP) is 2.04. The maximum atomic E-state index is 11.6. The van der Waals surface area contributed by atoms with Gasteiger partial charge in [-0.15, -0.1) is 22.9 Å². The van der Waals surface area contributed by atoms with Crippen LogP contribution in [0.1, 0.15) is 30.1 Å². The number of rotatable bonds is 4. The number of carbonyl (C=O) groups excluding carboxylic acids is 1. The predicted molar refractivity (Wildman–Crippen MR) is 80.2 cm³/mol. The number of aromatic nitrogens is 1. The van der Waals surface area contributed by atoms with E-state index in [2.05, 4.69) is 22.1 Å². The molecule has 2 unspecified atom stereocenters. The molecule has 1 N–H and O–H groups in total. The van der Waals surface area contributed by atoms with E-state index in [1.807, 2.05) is 10.3 Å². The lowest BCUT2D eigenvalue weighted by Gasteiger charge is -2.39. The Balaban J connectivity index is 1.72. The minimum absolute atomic E-state index is 0.0846. The van der Waals surface area contributed by atoms with Crippen molar-refractivity contribution in [1.29, 1.82) is 0 Å². The number of fused-ring (bicyclic) bond motifs is 1. The van der Waals surface area contributed by atoms with Gasteiger partial charge in [0.2, 0.25) is 0 Å². The molecule has 3 rings (SSSR count). The summed E-state index contributed by atoms with van der Waals surface area (Å²) in [5, 5.41) is 6.11. The number of amides is 2. The van der Waals surface area contributed by atoms with E-state index < -0.39 is 0 Å². The van der Waals surface area contributed by atoms with E-state index in [0.717, 1.165) is 43.3 Å². The topological polar surface area (TPSA) is 48.5 Å². The van der Waals surface area contributed by atoms with Gasteiger partial charge in [-0.2, -0.15) is 0 Å². The highest BCUT2D eigenvalue weighted by molar-refractivity contribution is 7.09. The molecule has 0 bridgehead atoms. The summed E-state index contributed by atoms with van der Waals surface area (Å²) in [5.41, 5.74) is 0.960. The van der Waals surface area contributed by atoms with E-state index in [0.29, 0.717) is 18.0 Å². The molecule has 2 saturated heterocycles. The molecule has 2 fully saturated rings. The van der Waals surface area contributed by atoms with Gasteiger partial charge in [-0.1, -0.05) is 6.92 Å². The number of hydrogen-bond donors (Lipinski definition) is 1. The van der Waals surface area contributed by atoms with Crippen molar-refractivity contribution >= 4 is 29.0 Å². The molecule has 7 heteroatoms. The molecule has 0 saturated carbocycles. The van der Waals surface area contributed by atoms with Crippen molar-refractivity contribution in [2.75, 3.05) is 26.2 Å². The van der Waals surface area contributed by atoms with Crippen molar-refractivity contribution < 1.29 is 4.79 Å². The molecule has 20 heavy (non-hydrogen) atoms. The molecule has 0 aliphatic carbocycles. The van der Waals surface area contributed by atoms with E-state index in [1.165, 1.54) is 0 Å². The van der Waals surface area contributed by atoms with Gasteiger partial charge >= 0.3 is 6.03 Å². The van der Waals surface area contributed by atoms with Crippen molar-refractivity contribution in [2.45, 2.75) is 31.3 Å². The fraction of sp³-hybridized carbons (Fsp3) is 0.692. The Bertz CT molecular complexity index is 494. The van der Waals surface area contributed by atoms with E-state index in [9.17, 15) is 4.79 Å². The lowest BCUT2D eigenvalue weighted by Crippen LogP contribution is -2.52. The summed E-state index contributed by atoms with van der Waals surface area (Å²) < 4.78 is 0. The number of nitrogens with zero attached hydrogens (tertiary/aromatic N) is 3. The molecular weight excluding hydrogens is 296 g/mol. The van der Waals surface area contributed by atoms with Crippen LogP contribution in [0.5, 0.6) is 0 Å². The van der Waals surface area contributed by atoms with E-state index in [1.54, 1.807) is 11.3 Å². The maximum Gasteiger partial charge on any atom is 0.317 e. The Labute approximate surface area is 127 Å². The smallest absolute Gasteiger partial charge is 0.317 e. The summed E-state index contributed by atoms with van der Waals surface area (Å²) in [4.78, 5) is 20.7. The van der Waals surface area contributed by atoms with Crippen LogP contribution in [-0.2, 0) is 5.88 Å². The first-order valence-electron chi connectivity index (χ1n) is 7.01. The summed E-state index contributed by atoms with van der Waals surface area (Å²) in [5.74, 6) is 0.474. The molecule has 2 aliphatic heterocycles. The second-order valence-electron chi connectivity index (χ2n) is 5.26. The van der Waals surface area contributed by atoms with Gasteiger partial charge in [0.1, 0.15) is 5.01 Å². The van der Waals surface area contributed by atoms with Crippen LogP contribution in [0.25, 0.3) is 0 Å². The van der Waals surface area contributed by atoms with Gasteiger partial charge in [0.25, 0.3) is 0 Å². The van der Waals surface area contributed by atoms with Crippen LogP contribution < -0.4 is 5.32 Å². The zero-order valence-electron chi connectivity index (χ0n) is 11.5. The third-order valence-electron chi connectivity index (χ3n) is 4.08. The summed E-state index contributed by atoms with van der Waals surface area (Å²) in [7, 11) is 0. The molecule has 3 heterocycles. The minimum Gasteiger partial charge on any atom is -0.336 e. The molecule has 110 valence electrons. The molecule has 5 nitrogen and oxygen atoms in total. The van der Waals surface area contributed by atoms with Crippen LogP contribution in [0.3, 0.4) is 0 Å². The molecule has 2 amide bonds. The second-order valence-corrected chi connectivity index (χ2v) is 6.42. The van der Waals surface area contributed by atoms with Crippen molar-refractivity contribution in [3.63, 3.8) is 0 Å². The number of hydrogen-bond acceptors (Lipinski definition) is 4. The zero-order chi connectivity index (χ0) is 14.1. The second kappa shape index (κ2) is 5.87. The number of nitrogens with one attached hydrogen (secondary N) is 1. The van der Waals surface area contributed by atoms with Gasteiger partial charge in [-0.25, -0.2) is 9.78 Å². The van der Waals surface area contributed by atoms with Gasteiger partial charge in [0, 0.05) is 31.6 Å². The highest BCUT2D eigenvalue weighted by atomic mass is 35.5. The van der Waals surface area contributed by atoms with Gasteiger partial charge in [0.15, 0.2) is 0 Å². The van der Waals surface area contributed by atoms with Crippen molar-refractivity contribution in [2.24, 2.45) is 0 Å². The Hall–Kier alpha value is -0.850. The van der Waals surface area contributed by atoms with Gasteiger partial charge < -0.3 is 10.2 Å². The number of piperazine rings is 1. The number of alkyl halides is 1. The van der Waals surface area contributed by atoms with E-state index in [4.69, 9.17) is 11.6 Å². The summed E-state index contributed by atoms with van der Waals surface area (Å²) in [6, 6.07) is 0.731. The monoisotopic (exact) mass is 314 g/mol. The first-order valence-corrected chi connectivity index (χ1v) is 8.43. The molecule has 1 aromatic heterocycles. The first-order chi connectivity index (χ1) is 9.72. The Morgan fingerprint density at radius 3 is 3.15 bits per heavy atom. The first kappa shape index (κ1) is 14.1. The van der Waals surface area contributed by atoms with Gasteiger partial charge in [0.05, 0.1) is 23.7 Å². The van der Waals surface area contributed by atoms with Gasteiger partial charge in [-0.3, -0.25) is 4.90 Å². The van der Waals surface area contributed by atoms with Crippen LogP contribution in [0, 0.1) is 0 Å². The van der Waals surface area contributed by atoms with Crippen LogP contribution in [0.2, 0.25) is 0 Å². The fourth-order valence-corrected chi connectivity index (χ4v) is 4.30. The Kier molecular flexibility index (Phi) is 4.14. The van der Waals surface area contributed by atoms with Crippen LogP contribution in [-0.4, -0.2) is 53.0 Å². The largest absolute Gasteiger partial charge is 0.336 e. The average Bonchev–Trinajstić information content (AvgIpc) is 3.07. The van der Waals surface area contributed by atoms with Crippen LogP contribution in [0.15, 0.2) is 5.38 Å². The highest BCUT2D eigenvalue weighted by Crippen LogP contribution is 2.30. The lowest BCUT2D eigenvalue weighted by molar-refractivity contribution is 0.0859. The standard InChI is InChI=1S/C13H19ClN4OS/c1-2-11(12-16-9(5-14)8-20-12)17-3-4-18-10(7-17)6-15-13(18)19/h8,10-11H,2-7H2,1H3,(H,15,19). The molecule has 2 atom stereocenters. The van der Waals surface area contributed by atoms with Gasteiger partial charge in [-0.05, 0) is 6.42 Å². The quantitative estimate of drug-likeness (QED) is 0.865. The molecule has 0 spiro atoms. The number of thiazole rings is 1. The zero-order valence-corrected chi connectivity index (χ0v) is 13.1. The SMILES string of the molecule is CCC(c1nc(CCl)cs1)N1CCN2C(=O)NCC2C1. The maximum absolute atomic E-state index is 11.6. The minimum atomic E-state index is 0.0846. The average molecular weight is 315 g/mol. The fourth-order valence-electron chi connectivity index (χ4n) is 3.04. The molecule has 1 aromatic rings. The lowest BCUT2D eigenvalue weighted by atomic mass is 10.1. The van der Waals surface area contributed by atoms with E-state index >= 15 is 0 Å². The van der Waals surface area contributed by atoms with Crippen LogP contribution >= 0.6 is 22.9 Å². The van der Waals surface area contributed by atoms with E-state index in [-0.39, 0.29) is 6.03 Å². The molecule has 0 radical (unpaired) electrons. The third-order valence-corrected chi connectivity index (χ3v) is 5.35.